The Hall–Kier alpha value is -2.25. The molecule has 1 saturated carbocycles. The van der Waals surface area contributed by atoms with Crippen LogP contribution in [0.2, 0.25) is 0 Å². The molecule has 3 aromatic rings. The molecule has 7 heteroatoms. The summed E-state index contributed by atoms with van der Waals surface area (Å²) in [6.45, 7) is 3.10. The molecule has 148 valence electrons. The van der Waals surface area contributed by atoms with Gasteiger partial charge in [0.1, 0.15) is 17.0 Å². The van der Waals surface area contributed by atoms with Crippen molar-refractivity contribution in [2.24, 2.45) is 5.92 Å². The van der Waals surface area contributed by atoms with Crippen molar-refractivity contribution in [1.82, 2.24) is 15.3 Å². The van der Waals surface area contributed by atoms with Gasteiger partial charge in [0, 0.05) is 22.7 Å². The van der Waals surface area contributed by atoms with Crippen LogP contribution in [-0.4, -0.2) is 42.2 Å². The number of carbonyl (C=O) groups is 1. The van der Waals surface area contributed by atoms with Crippen LogP contribution in [0, 0.1) is 5.92 Å². The van der Waals surface area contributed by atoms with Crippen molar-refractivity contribution in [2.45, 2.75) is 38.6 Å². The number of esters is 1. The first-order chi connectivity index (χ1) is 13.7. The van der Waals surface area contributed by atoms with E-state index in [4.69, 9.17) is 4.74 Å². The number of fused-ring (bicyclic) bond motifs is 3. The van der Waals surface area contributed by atoms with Crippen LogP contribution in [0.25, 0.3) is 20.3 Å². The highest BCUT2D eigenvalue weighted by Crippen LogP contribution is 2.37. The number of carbonyl (C=O) groups excluding carboxylic acids is 1. The van der Waals surface area contributed by atoms with Crippen molar-refractivity contribution in [3.63, 3.8) is 0 Å². The summed E-state index contributed by atoms with van der Waals surface area (Å²) < 4.78 is 6.25. The molecule has 0 amide bonds. The van der Waals surface area contributed by atoms with E-state index in [-0.39, 0.29) is 5.97 Å². The first-order valence-corrected chi connectivity index (χ1v) is 10.8. The standard InChI is InChI=1S/C21H26N4O2S/c1-3-27-21(26)14-6-9-17-16(10-14)18-19(24-12-25-20(18)28-17)23-11-13-4-7-15(22-2)8-5-13/h6,9-10,12-13,15,22H,3-5,7-8,11H2,1-2H3,(H,23,24,25). The van der Waals surface area contributed by atoms with Crippen molar-refractivity contribution in [2.75, 3.05) is 25.5 Å². The van der Waals surface area contributed by atoms with Gasteiger partial charge in [-0.15, -0.1) is 11.3 Å². The third-order valence-corrected chi connectivity index (χ3v) is 6.67. The summed E-state index contributed by atoms with van der Waals surface area (Å²) in [4.78, 5) is 22.0. The van der Waals surface area contributed by atoms with Gasteiger partial charge in [-0.25, -0.2) is 14.8 Å². The zero-order chi connectivity index (χ0) is 19.5. The molecule has 0 bridgehead atoms. The Balaban J connectivity index is 1.60. The number of nitrogens with zero attached hydrogens (tertiary/aromatic N) is 2. The number of thiophene rings is 1. The van der Waals surface area contributed by atoms with E-state index in [2.05, 4.69) is 20.6 Å². The number of rotatable bonds is 6. The summed E-state index contributed by atoms with van der Waals surface area (Å²) in [6.07, 6.45) is 6.52. The first-order valence-electron chi connectivity index (χ1n) is 9.95. The second kappa shape index (κ2) is 8.41. The maximum absolute atomic E-state index is 12.1. The lowest BCUT2D eigenvalue weighted by molar-refractivity contribution is 0.0526. The van der Waals surface area contributed by atoms with E-state index in [1.54, 1.807) is 17.7 Å². The molecule has 0 spiro atoms. The van der Waals surface area contributed by atoms with Gasteiger partial charge in [0.05, 0.1) is 17.6 Å². The molecule has 2 heterocycles. The van der Waals surface area contributed by atoms with Gasteiger partial charge in [-0.2, -0.15) is 0 Å². The topological polar surface area (TPSA) is 76.1 Å². The van der Waals surface area contributed by atoms with Crippen molar-refractivity contribution >= 4 is 43.4 Å². The summed E-state index contributed by atoms with van der Waals surface area (Å²) in [6, 6.07) is 6.34. The average Bonchev–Trinajstić information content (AvgIpc) is 3.11. The lowest BCUT2D eigenvalue weighted by Gasteiger charge is -2.28. The van der Waals surface area contributed by atoms with Gasteiger partial charge < -0.3 is 15.4 Å². The molecule has 4 rings (SSSR count). The van der Waals surface area contributed by atoms with Crippen molar-refractivity contribution < 1.29 is 9.53 Å². The van der Waals surface area contributed by atoms with E-state index in [0.717, 1.165) is 32.7 Å². The normalized spacial score (nSPS) is 19.8. The molecular formula is C21H26N4O2S. The van der Waals surface area contributed by atoms with Crippen LogP contribution in [0.15, 0.2) is 24.5 Å². The van der Waals surface area contributed by atoms with E-state index >= 15 is 0 Å². The molecule has 1 aliphatic carbocycles. The maximum atomic E-state index is 12.1. The predicted molar refractivity (Wildman–Crippen MR) is 114 cm³/mol. The molecule has 28 heavy (non-hydrogen) atoms. The minimum absolute atomic E-state index is 0.295. The van der Waals surface area contributed by atoms with Crippen LogP contribution in [0.4, 0.5) is 5.82 Å². The molecule has 0 unspecified atom stereocenters. The molecule has 0 saturated heterocycles. The van der Waals surface area contributed by atoms with Gasteiger partial charge in [-0.05, 0) is 63.8 Å². The molecule has 6 nitrogen and oxygen atoms in total. The van der Waals surface area contributed by atoms with Crippen molar-refractivity contribution in [3.05, 3.63) is 30.1 Å². The molecule has 1 aromatic carbocycles. The Kier molecular flexibility index (Phi) is 5.73. The quantitative estimate of drug-likeness (QED) is 0.606. The molecule has 2 aromatic heterocycles. The van der Waals surface area contributed by atoms with E-state index in [9.17, 15) is 4.79 Å². The number of hydrogen-bond donors (Lipinski definition) is 2. The zero-order valence-corrected chi connectivity index (χ0v) is 17.1. The molecule has 1 aliphatic rings. The van der Waals surface area contributed by atoms with Crippen LogP contribution >= 0.6 is 11.3 Å². The average molecular weight is 399 g/mol. The molecular weight excluding hydrogens is 372 g/mol. The van der Waals surface area contributed by atoms with Gasteiger partial charge in [-0.1, -0.05) is 0 Å². The zero-order valence-electron chi connectivity index (χ0n) is 16.3. The van der Waals surface area contributed by atoms with Crippen molar-refractivity contribution in [1.29, 1.82) is 0 Å². The van der Waals surface area contributed by atoms with Gasteiger partial charge >= 0.3 is 5.97 Å². The summed E-state index contributed by atoms with van der Waals surface area (Å²) in [5.41, 5.74) is 0.564. The fraction of sp³-hybridized carbons (Fsp3) is 0.476. The Morgan fingerprint density at radius 3 is 2.82 bits per heavy atom. The van der Waals surface area contributed by atoms with E-state index < -0.39 is 0 Å². The van der Waals surface area contributed by atoms with Crippen LogP contribution < -0.4 is 10.6 Å². The highest BCUT2D eigenvalue weighted by Gasteiger charge is 2.21. The highest BCUT2D eigenvalue weighted by molar-refractivity contribution is 7.25. The first kappa shape index (κ1) is 19.1. The minimum atomic E-state index is -0.295. The lowest BCUT2D eigenvalue weighted by Crippen LogP contribution is -2.32. The molecule has 0 atom stereocenters. The number of aromatic nitrogens is 2. The Labute approximate surface area is 168 Å². The predicted octanol–water partition coefficient (Wildman–Crippen LogP) is 4.21. The molecule has 0 aliphatic heterocycles. The van der Waals surface area contributed by atoms with E-state index in [0.29, 0.717) is 24.1 Å². The van der Waals surface area contributed by atoms with Gasteiger partial charge in [0.15, 0.2) is 0 Å². The van der Waals surface area contributed by atoms with Gasteiger partial charge in [0.2, 0.25) is 0 Å². The fourth-order valence-electron chi connectivity index (χ4n) is 3.98. The summed E-state index contributed by atoms with van der Waals surface area (Å²) in [5.74, 6) is 1.22. The van der Waals surface area contributed by atoms with E-state index in [1.807, 2.05) is 32.2 Å². The number of nitrogens with one attached hydrogen (secondary N) is 2. The SMILES string of the molecule is CCOC(=O)c1ccc2sc3ncnc(NCC4CCC(NC)CC4)c3c2c1. The molecule has 2 N–H and O–H groups in total. The highest BCUT2D eigenvalue weighted by atomic mass is 32.1. The van der Waals surface area contributed by atoms with Crippen LogP contribution in [0.3, 0.4) is 0 Å². The Bertz CT molecular complexity index is 979. The van der Waals surface area contributed by atoms with E-state index in [1.165, 1.54) is 25.7 Å². The molecule has 1 fully saturated rings. The second-order valence-corrected chi connectivity index (χ2v) is 8.35. The number of benzene rings is 1. The lowest BCUT2D eigenvalue weighted by atomic mass is 9.86. The number of hydrogen-bond acceptors (Lipinski definition) is 7. The second-order valence-electron chi connectivity index (χ2n) is 7.32. The third kappa shape index (κ3) is 3.82. The summed E-state index contributed by atoms with van der Waals surface area (Å²) in [5, 5.41) is 8.95. The fourth-order valence-corrected chi connectivity index (χ4v) is 5.00. The Morgan fingerprint density at radius 2 is 2.07 bits per heavy atom. The largest absolute Gasteiger partial charge is 0.462 e. The summed E-state index contributed by atoms with van der Waals surface area (Å²) >= 11 is 1.62. The van der Waals surface area contributed by atoms with Gasteiger partial charge in [0.25, 0.3) is 0 Å². The smallest absolute Gasteiger partial charge is 0.338 e. The third-order valence-electron chi connectivity index (χ3n) is 5.59. The number of ether oxygens (including phenoxy) is 1. The van der Waals surface area contributed by atoms with Crippen molar-refractivity contribution in [3.8, 4) is 0 Å². The van der Waals surface area contributed by atoms with Crippen LogP contribution in [0.1, 0.15) is 43.0 Å². The monoisotopic (exact) mass is 398 g/mol. The van der Waals surface area contributed by atoms with Crippen LogP contribution in [-0.2, 0) is 4.74 Å². The molecule has 0 radical (unpaired) electrons. The van der Waals surface area contributed by atoms with Gasteiger partial charge in [-0.3, -0.25) is 0 Å². The maximum Gasteiger partial charge on any atom is 0.338 e. The summed E-state index contributed by atoms with van der Waals surface area (Å²) in [7, 11) is 2.05. The minimum Gasteiger partial charge on any atom is -0.462 e. The number of anilines is 1. The van der Waals surface area contributed by atoms with Crippen LogP contribution in [0.5, 0.6) is 0 Å². The Morgan fingerprint density at radius 1 is 1.25 bits per heavy atom.